The lowest BCUT2D eigenvalue weighted by Gasteiger charge is -2.34. The van der Waals surface area contributed by atoms with Crippen LogP contribution in [-0.4, -0.2) is 41.3 Å². The zero-order valence-electron chi connectivity index (χ0n) is 16.1. The largest absolute Gasteiger partial charge is 0.349 e. The second kappa shape index (κ2) is 9.33. The molecule has 1 heterocycles. The Bertz CT molecular complexity index is 587. The molecule has 1 amide bonds. The number of carbonyl (C=O) groups excluding carboxylic acids is 1. The van der Waals surface area contributed by atoms with Gasteiger partial charge in [0.25, 0.3) is 0 Å². The number of thioether (sulfide) groups is 1. The normalized spacial score (nSPS) is 17.0. The molecular weight excluding hydrogens is 348 g/mol. The Balaban J connectivity index is 2.31. The molecule has 0 saturated heterocycles. The van der Waals surface area contributed by atoms with E-state index in [0.717, 1.165) is 63.1 Å². The molecule has 5 heteroatoms. The van der Waals surface area contributed by atoms with E-state index in [2.05, 4.69) is 44.7 Å². The van der Waals surface area contributed by atoms with Crippen LogP contribution in [0.25, 0.3) is 0 Å². The summed E-state index contributed by atoms with van der Waals surface area (Å²) in [5.41, 5.74) is 2.00. The quantitative estimate of drug-likeness (QED) is 0.514. The van der Waals surface area contributed by atoms with Gasteiger partial charge in [-0.15, -0.1) is 0 Å². The first-order chi connectivity index (χ1) is 12.0. The fourth-order valence-electron chi connectivity index (χ4n) is 3.48. The van der Waals surface area contributed by atoms with Crippen molar-refractivity contribution in [2.24, 2.45) is 0 Å². The van der Waals surface area contributed by atoms with Crippen LogP contribution < -0.4 is 4.90 Å². The van der Waals surface area contributed by atoms with E-state index >= 15 is 0 Å². The van der Waals surface area contributed by atoms with Crippen LogP contribution in [0.3, 0.4) is 0 Å². The number of amides is 1. The lowest BCUT2D eigenvalue weighted by atomic mass is 10.1. The molecule has 0 spiro atoms. The fraction of sp³-hybridized carbons (Fsp3) is 0.650. The van der Waals surface area contributed by atoms with Gasteiger partial charge in [-0.05, 0) is 44.9 Å². The standard InChI is InChI=1S/C20H32N2OS2/c1-5-9-13-21-17-15-16(11-12-18(17)25-20(21)24)19(23)22(7-3,8-4)14-10-6-2/h11-12,15,20H,5-10,13-14H2,1-4H3/q+1. The number of hydrogen-bond acceptors (Lipinski definition) is 3. The molecule has 1 aliphatic rings. The first-order valence-corrected chi connectivity index (χ1v) is 11.0. The van der Waals surface area contributed by atoms with Crippen molar-refractivity contribution in [1.82, 2.24) is 0 Å². The Morgan fingerprint density at radius 1 is 1.16 bits per heavy atom. The highest BCUT2D eigenvalue weighted by molar-refractivity contribution is 8.11. The summed E-state index contributed by atoms with van der Waals surface area (Å²) in [4.78, 5) is 16.9. The predicted molar refractivity (Wildman–Crippen MR) is 111 cm³/mol. The molecule has 0 fully saturated rings. The van der Waals surface area contributed by atoms with Crippen LogP contribution in [0.5, 0.6) is 0 Å². The molecule has 0 saturated carbocycles. The van der Waals surface area contributed by atoms with Crippen LogP contribution in [0, 0.1) is 0 Å². The van der Waals surface area contributed by atoms with E-state index in [1.165, 1.54) is 4.90 Å². The van der Waals surface area contributed by atoms with Crippen LogP contribution in [0.1, 0.15) is 63.7 Å². The summed E-state index contributed by atoms with van der Waals surface area (Å²) in [5, 5.41) is 0. The number of benzene rings is 1. The Morgan fingerprint density at radius 2 is 1.84 bits per heavy atom. The van der Waals surface area contributed by atoms with Gasteiger partial charge in [-0.1, -0.05) is 51.1 Å². The maximum atomic E-state index is 13.4. The van der Waals surface area contributed by atoms with Gasteiger partial charge in [-0.3, -0.25) is 4.48 Å². The van der Waals surface area contributed by atoms with E-state index in [0.29, 0.717) is 4.48 Å². The minimum absolute atomic E-state index is 0.0450. The first kappa shape index (κ1) is 20.7. The molecule has 139 valence electrons. The SMILES string of the molecule is CCCCN1c2cc(C(=O)[N+](CC)(CC)CCCC)ccc2SC1[S]. The zero-order valence-corrected chi connectivity index (χ0v) is 17.7. The van der Waals surface area contributed by atoms with E-state index in [-0.39, 0.29) is 10.6 Å². The van der Waals surface area contributed by atoms with Gasteiger partial charge < -0.3 is 4.90 Å². The summed E-state index contributed by atoms with van der Waals surface area (Å²) in [5.74, 6) is 0.259. The van der Waals surface area contributed by atoms with Crippen molar-refractivity contribution in [3.05, 3.63) is 23.8 Å². The molecular formula is C20H32N2OS2+. The van der Waals surface area contributed by atoms with Crippen molar-refractivity contribution in [2.75, 3.05) is 31.1 Å². The van der Waals surface area contributed by atoms with Gasteiger partial charge in [0.2, 0.25) is 0 Å². The molecule has 0 aromatic heterocycles. The summed E-state index contributed by atoms with van der Waals surface area (Å²) in [6.45, 7) is 12.3. The van der Waals surface area contributed by atoms with Gasteiger partial charge in [0.1, 0.15) is 4.71 Å². The lowest BCUT2D eigenvalue weighted by Crippen LogP contribution is -2.53. The number of rotatable bonds is 9. The molecule has 1 atom stereocenters. The summed E-state index contributed by atoms with van der Waals surface area (Å²) >= 11 is 7.35. The van der Waals surface area contributed by atoms with Crippen molar-refractivity contribution < 1.29 is 9.28 Å². The average Bonchev–Trinajstić information content (AvgIpc) is 2.95. The number of quaternary nitrogens is 1. The Hall–Kier alpha value is -0.650. The van der Waals surface area contributed by atoms with Crippen molar-refractivity contribution >= 4 is 36.0 Å². The Labute approximate surface area is 163 Å². The van der Waals surface area contributed by atoms with Gasteiger partial charge >= 0.3 is 5.91 Å². The minimum atomic E-state index is 0.0450. The summed E-state index contributed by atoms with van der Waals surface area (Å²) in [7, 11) is 0. The van der Waals surface area contributed by atoms with Gasteiger partial charge in [0, 0.05) is 11.4 Å². The molecule has 2 rings (SSSR count). The van der Waals surface area contributed by atoms with Crippen LogP contribution in [0.2, 0.25) is 0 Å². The maximum absolute atomic E-state index is 13.4. The van der Waals surface area contributed by atoms with Gasteiger partial charge in [0.15, 0.2) is 0 Å². The molecule has 25 heavy (non-hydrogen) atoms. The molecule has 1 radical (unpaired) electrons. The highest BCUT2D eigenvalue weighted by Gasteiger charge is 2.35. The maximum Gasteiger partial charge on any atom is 0.345 e. The number of unbranched alkanes of at least 4 members (excludes halogenated alkanes) is 2. The summed E-state index contributed by atoms with van der Waals surface area (Å²) < 4.78 is 0.593. The summed E-state index contributed by atoms with van der Waals surface area (Å²) in [6.07, 6.45) is 4.49. The second-order valence-corrected chi connectivity index (χ2v) is 8.68. The highest BCUT2D eigenvalue weighted by Crippen LogP contribution is 2.45. The molecule has 1 aromatic rings. The van der Waals surface area contributed by atoms with Gasteiger partial charge in [-0.2, -0.15) is 0 Å². The Morgan fingerprint density at radius 3 is 2.44 bits per heavy atom. The molecule has 0 N–H and O–H groups in total. The van der Waals surface area contributed by atoms with Crippen molar-refractivity contribution in [1.29, 1.82) is 0 Å². The van der Waals surface area contributed by atoms with Crippen molar-refractivity contribution in [2.45, 2.75) is 63.0 Å². The minimum Gasteiger partial charge on any atom is -0.349 e. The monoisotopic (exact) mass is 380 g/mol. The van der Waals surface area contributed by atoms with Crippen LogP contribution >= 0.6 is 24.4 Å². The van der Waals surface area contributed by atoms with Crippen LogP contribution in [0.15, 0.2) is 23.1 Å². The highest BCUT2D eigenvalue weighted by atomic mass is 32.2. The molecule has 3 nitrogen and oxygen atoms in total. The molecule has 1 unspecified atom stereocenters. The topological polar surface area (TPSA) is 20.3 Å². The van der Waals surface area contributed by atoms with Crippen LogP contribution in [0.4, 0.5) is 5.69 Å². The molecule has 1 aliphatic heterocycles. The van der Waals surface area contributed by atoms with E-state index in [9.17, 15) is 4.79 Å². The number of fused-ring (bicyclic) bond motifs is 1. The first-order valence-electron chi connectivity index (χ1n) is 9.67. The predicted octanol–water partition coefficient (Wildman–Crippen LogP) is 5.68. The molecule has 0 aliphatic carbocycles. The van der Waals surface area contributed by atoms with Gasteiger partial charge in [0.05, 0.1) is 30.9 Å². The molecule has 1 aromatic carbocycles. The third kappa shape index (κ3) is 4.37. The van der Waals surface area contributed by atoms with E-state index < -0.39 is 0 Å². The van der Waals surface area contributed by atoms with Crippen LogP contribution in [-0.2, 0) is 0 Å². The number of nitrogens with zero attached hydrogens (tertiary/aromatic N) is 2. The van der Waals surface area contributed by atoms with Gasteiger partial charge in [-0.25, -0.2) is 4.79 Å². The second-order valence-electron chi connectivity index (χ2n) is 6.81. The molecule has 0 bridgehead atoms. The number of hydrogen-bond donors (Lipinski definition) is 0. The van der Waals surface area contributed by atoms with Crippen molar-refractivity contribution in [3.8, 4) is 0 Å². The van der Waals surface area contributed by atoms with E-state index in [1.54, 1.807) is 11.8 Å². The lowest BCUT2D eigenvalue weighted by molar-refractivity contribution is -0.845. The van der Waals surface area contributed by atoms with Crippen molar-refractivity contribution in [3.63, 3.8) is 0 Å². The smallest absolute Gasteiger partial charge is 0.345 e. The fourth-order valence-corrected chi connectivity index (χ4v) is 5.01. The van der Waals surface area contributed by atoms with E-state index in [4.69, 9.17) is 12.6 Å². The Kier molecular flexibility index (Phi) is 7.71. The van der Waals surface area contributed by atoms with E-state index in [1.807, 2.05) is 6.07 Å². The average molecular weight is 381 g/mol. The third-order valence-electron chi connectivity index (χ3n) is 5.33. The summed E-state index contributed by atoms with van der Waals surface area (Å²) in [6, 6.07) is 6.19. The number of anilines is 1. The third-order valence-corrected chi connectivity index (χ3v) is 6.93. The zero-order chi connectivity index (χ0) is 18.4. The number of carbonyl (C=O) groups is 1.